The zero-order valence-electron chi connectivity index (χ0n) is 8.57. The number of amides is 1. The number of halogens is 2. The minimum atomic E-state index is -1.11. The van der Waals surface area contributed by atoms with Crippen LogP contribution in [0.2, 0.25) is 5.02 Å². The molecule has 0 aliphatic heterocycles. The normalized spacial score (nSPS) is 10.0. The number of aliphatic carboxylic acids is 1. The van der Waals surface area contributed by atoms with E-state index in [4.69, 9.17) is 16.7 Å². The summed E-state index contributed by atoms with van der Waals surface area (Å²) < 4.78 is 5.45. The Balaban J connectivity index is 2.48. The molecule has 17 heavy (non-hydrogen) atoms. The molecular formula is C10H9ClINO4. The molecule has 0 aromatic heterocycles. The van der Waals surface area contributed by atoms with Crippen LogP contribution in [-0.4, -0.2) is 30.2 Å². The standard InChI is InChI=1S/C10H9ClINO4/c11-6-1-2-8(7(12)3-6)13-9(14)4-17-5-10(15)16/h1-3H,4-5H2,(H,13,14)(H,15,16). The largest absolute Gasteiger partial charge is 0.480 e. The smallest absolute Gasteiger partial charge is 0.329 e. The van der Waals surface area contributed by atoms with Gasteiger partial charge in [0.15, 0.2) is 0 Å². The maximum atomic E-state index is 11.4. The van der Waals surface area contributed by atoms with E-state index in [0.717, 1.165) is 3.57 Å². The van der Waals surface area contributed by atoms with Gasteiger partial charge in [0.1, 0.15) is 13.2 Å². The first kappa shape index (κ1) is 14.2. The number of rotatable bonds is 5. The molecule has 0 spiro atoms. The van der Waals surface area contributed by atoms with Crippen molar-refractivity contribution in [3.05, 3.63) is 26.8 Å². The molecule has 0 saturated carbocycles. The van der Waals surface area contributed by atoms with Crippen LogP contribution in [-0.2, 0) is 14.3 Å². The zero-order chi connectivity index (χ0) is 12.8. The number of anilines is 1. The lowest BCUT2D eigenvalue weighted by atomic mass is 10.3. The fourth-order valence-electron chi connectivity index (χ4n) is 1.01. The molecule has 5 nitrogen and oxygen atoms in total. The number of carboxylic acid groups (broad SMARTS) is 1. The molecule has 1 amide bonds. The third kappa shape index (κ3) is 5.33. The second kappa shape index (κ2) is 6.77. The van der Waals surface area contributed by atoms with Crippen molar-refractivity contribution in [2.24, 2.45) is 0 Å². The third-order valence-corrected chi connectivity index (χ3v) is 2.79. The lowest BCUT2D eigenvalue weighted by Gasteiger charge is -2.07. The summed E-state index contributed by atoms with van der Waals surface area (Å²) in [5.74, 6) is -1.52. The summed E-state index contributed by atoms with van der Waals surface area (Å²) in [6, 6.07) is 5.02. The van der Waals surface area contributed by atoms with Gasteiger partial charge in [-0.25, -0.2) is 4.79 Å². The predicted octanol–water partition coefficient (Wildman–Crippen LogP) is 1.98. The maximum absolute atomic E-state index is 11.4. The van der Waals surface area contributed by atoms with Crippen LogP contribution in [0.5, 0.6) is 0 Å². The first-order valence-electron chi connectivity index (χ1n) is 4.53. The van der Waals surface area contributed by atoms with Crippen LogP contribution in [0.25, 0.3) is 0 Å². The van der Waals surface area contributed by atoms with Crippen molar-refractivity contribution in [2.45, 2.75) is 0 Å². The molecule has 0 atom stereocenters. The molecular weight excluding hydrogens is 360 g/mol. The van der Waals surface area contributed by atoms with Gasteiger partial charge in [0.25, 0.3) is 0 Å². The average Bonchev–Trinajstić information content (AvgIpc) is 2.21. The SMILES string of the molecule is O=C(O)COCC(=O)Nc1ccc(Cl)cc1I. The fraction of sp³-hybridized carbons (Fsp3) is 0.200. The van der Waals surface area contributed by atoms with Crippen molar-refractivity contribution < 1.29 is 19.4 Å². The Labute approximate surface area is 116 Å². The zero-order valence-corrected chi connectivity index (χ0v) is 11.5. The molecule has 2 N–H and O–H groups in total. The number of hydrogen-bond acceptors (Lipinski definition) is 3. The quantitative estimate of drug-likeness (QED) is 0.778. The first-order chi connectivity index (χ1) is 7.99. The van der Waals surface area contributed by atoms with Crippen LogP contribution in [0.15, 0.2) is 18.2 Å². The fourth-order valence-corrected chi connectivity index (χ4v) is 2.01. The van der Waals surface area contributed by atoms with Crippen molar-refractivity contribution >= 4 is 51.8 Å². The number of hydrogen-bond donors (Lipinski definition) is 2. The minimum Gasteiger partial charge on any atom is -0.480 e. The van der Waals surface area contributed by atoms with Gasteiger partial charge in [-0.15, -0.1) is 0 Å². The molecule has 1 aromatic rings. The van der Waals surface area contributed by atoms with Crippen molar-refractivity contribution in [3.63, 3.8) is 0 Å². The highest BCUT2D eigenvalue weighted by Crippen LogP contribution is 2.22. The van der Waals surface area contributed by atoms with Gasteiger partial charge >= 0.3 is 5.97 Å². The third-order valence-electron chi connectivity index (χ3n) is 1.66. The Bertz CT molecular complexity index is 438. The molecule has 7 heteroatoms. The van der Waals surface area contributed by atoms with Gasteiger partial charge in [0, 0.05) is 8.59 Å². The maximum Gasteiger partial charge on any atom is 0.329 e. The summed E-state index contributed by atoms with van der Waals surface area (Å²) in [6.07, 6.45) is 0. The summed E-state index contributed by atoms with van der Waals surface area (Å²) in [5.41, 5.74) is 0.610. The Morgan fingerprint density at radius 3 is 2.71 bits per heavy atom. The predicted molar refractivity (Wildman–Crippen MR) is 71.3 cm³/mol. The highest BCUT2D eigenvalue weighted by Gasteiger charge is 2.07. The highest BCUT2D eigenvalue weighted by molar-refractivity contribution is 14.1. The number of carbonyl (C=O) groups is 2. The summed E-state index contributed by atoms with van der Waals surface area (Å²) >= 11 is 7.80. The molecule has 0 aliphatic rings. The van der Waals surface area contributed by atoms with Crippen LogP contribution >= 0.6 is 34.2 Å². The van der Waals surface area contributed by atoms with Crippen molar-refractivity contribution in [1.82, 2.24) is 0 Å². The molecule has 1 aromatic carbocycles. The molecule has 1 rings (SSSR count). The van der Waals surface area contributed by atoms with Gasteiger partial charge in [-0.1, -0.05) is 11.6 Å². The van der Waals surface area contributed by atoms with Crippen molar-refractivity contribution in [1.29, 1.82) is 0 Å². The van der Waals surface area contributed by atoms with E-state index in [1.165, 1.54) is 0 Å². The lowest BCUT2D eigenvalue weighted by Crippen LogP contribution is -2.21. The van der Waals surface area contributed by atoms with Crippen LogP contribution in [0.3, 0.4) is 0 Å². The average molecular weight is 370 g/mol. The second-order valence-electron chi connectivity index (χ2n) is 3.06. The van der Waals surface area contributed by atoms with Gasteiger partial charge < -0.3 is 15.2 Å². The van der Waals surface area contributed by atoms with E-state index in [2.05, 4.69) is 10.1 Å². The molecule has 0 bridgehead atoms. The topological polar surface area (TPSA) is 75.6 Å². The second-order valence-corrected chi connectivity index (χ2v) is 4.66. The minimum absolute atomic E-state index is 0.301. The summed E-state index contributed by atoms with van der Waals surface area (Å²) in [5, 5.41) is 11.5. The van der Waals surface area contributed by atoms with Gasteiger partial charge in [0.05, 0.1) is 5.69 Å². The molecule has 0 saturated heterocycles. The molecule has 0 unspecified atom stereocenters. The van der Waals surface area contributed by atoms with Crippen LogP contribution < -0.4 is 5.32 Å². The highest BCUT2D eigenvalue weighted by atomic mass is 127. The monoisotopic (exact) mass is 369 g/mol. The summed E-state index contributed by atoms with van der Waals surface area (Å²) in [6.45, 7) is -0.795. The van der Waals surface area contributed by atoms with E-state index >= 15 is 0 Å². The summed E-state index contributed by atoms with van der Waals surface area (Å²) in [4.78, 5) is 21.5. The summed E-state index contributed by atoms with van der Waals surface area (Å²) in [7, 11) is 0. The number of carboxylic acids is 1. The van der Waals surface area contributed by atoms with E-state index in [1.54, 1.807) is 18.2 Å². The van der Waals surface area contributed by atoms with Gasteiger partial charge in [-0.3, -0.25) is 4.79 Å². The van der Waals surface area contributed by atoms with Crippen LogP contribution in [0.1, 0.15) is 0 Å². The number of benzene rings is 1. The lowest BCUT2D eigenvalue weighted by molar-refractivity contribution is -0.143. The van der Waals surface area contributed by atoms with E-state index < -0.39 is 18.5 Å². The number of ether oxygens (including phenoxy) is 1. The van der Waals surface area contributed by atoms with Crippen molar-refractivity contribution in [3.8, 4) is 0 Å². The Morgan fingerprint density at radius 2 is 2.12 bits per heavy atom. The molecule has 92 valence electrons. The first-order valence-corrected chi connectivity index (χ1v) is 5.99. The van der Waals surface area contributed by atoms with Gasteiger partial charge in [0.2, 0.25) is 5.91 Å². The molecule has 0 radical (unpaired) electrons. The Kier molecular flexibility index (Phi) is 5.66. The van der Waals surface area contributed by atoms with E-state index in [0.29, 0.717) is 10.7 Å². The number of carbonyl (C=O) groups excluding carboxylic acids is 1. The van der Waals surface area contributed by atoms with E-state index in [-0.39, 0.29) is 6.61 Å². The van der Waals surface area contributed by atoms with Crippen molar-refractivity contribution in [2.75, 3.05) is 18.5 Å². The van der Waals surface area contributed by atoms with E-state index in [9.17, 15) is 9.59 Å². The van der Waals surface area contributed by atoms with E-state index in [1.807, 2.05) is 22.6 Å². The van der Waals surface area contributed by atoms with Crippen LogP contribution in [0, 0.1) is 3.57 Å². The Hall–Kier alpha value is -0.860. The number of nitrogens with one attached hydrogen (secondary N) is 1. The van der Waals surface area contributed by atoms with Crippen LogP contribution in [0.4, 0.5) is 5.69 Å². The molecule has 0 fully saturated rings. The Morgan fingerprint density at radius 1 is 1.41 bits per heavy atom. The molecule has 0 heterocycles. The molecule has 0 aliphatic carbocycles. The van der Waals surface area contributed by atoms with Gasteiger partial charge in [-0.2, -0.15) is 0 Å². The van der Waals surface area contributed by atoms with Gasteiger partial charge in [-0.05, 0) is 40.8 Å².